The third-order valence-electron chi connectivity index (χ3n) is 3.79. The monoisotopic (exact) mass is 305 g/mol. The minimum absolute atomic E-state index is 0.161. The molecule has 1 saturated carbocycles. The molecule has 0 spiro atoms. The molecule has 0 radical (unpaired) electrons. The molecule has 1 fully saturated rings. The number of pyridine rings is 1. The fourth-order valence-corrected chi connectivity index (χ4v) is 2.57. The number of methoxy groups -OCH3 is 1. The van der Waals surface area contributed by atoms with E-state index in [9.17, 15) is 9.59 Å². The summed E-state index contributed by atoms with van der Waals surface area (Å²) in [5.74, 6) is -0.414. The largest absolute Gasteiger partial charge is 0.383 e. The molecule has 1 aromatic heterocycles. The number of carbonyl (C=O) groups excluding carboxylic acids is 2. The van der Waals surface area contributed by atoms with Gasteiger partial charge in [0, 0.05) is 32.1 Å². The van der Waals surface area contributed by atoms with Crippen LogP contribution in [0.15, 0.2) is 18.5 Å². The summed E-state index contributed by atoms with van der Waals surface area (Å²) in [4.78, 5) is 28.2. The number of carbonyl (C=O) groups is 2. The Labute approximate surface area is 130 Å². The molecule has 120 valence electrons. The van der Waals surface area contributed by atoms with Gasteiger partial charge in [0.25, 0.3) is 11.8 Å². The fourth-order valence-electron chi connectivity index (χ4n) is 2.57. The van der Waals surface area contributed by atoms with Gasteiger partial charge in [-0.25, -0.2) is 0 Å². The van der Waals surface area contributed by atoms with Gasteiger partial charge in [-0.2, -0.15) is 0 Å². The van der Waals surface area contributed by atoms with Gasteiger partial charge >= 0.3 is 0 Å². The van der Waals surface area contributed by atoms with Crippen molar-refractivity contribution in [3.8, 4) is 0 Å². The second-order valence-corrected chi connectivity index (χ2v) is 5.52. The standard InChI is InChI=1S/C16H23N3O3/c1-22-8-7-18-15(20)12-9-13(11-17-10-12)16(21)19-14-5-3-2-4-6-14/h9-11,14H,2-8H2,1H3,(H,18,20)(H,19,21). The van der Waals surface area contributed by atoms with Crippen molar-refractivity contribution in [2.24, 2.45) is 0 Å². The molecule has 1 heterocycles. The van der Waals surface area contributed by atoms with Crippen molar-refractivity contribution in [1.82, 2.24) is 15.6 Å². The van der Waals surface area contributed by atoms with Crippen LogP contribution in [0.1, 0.15) is 52.8 Å². The zero-order valence-electron chi connectivity index (χ0n) is 12.9. The number of aromatic nitrogens is 1. The lowest BCUT2D eigenvalue weighted by Crippen LogP contribution is -2.36. The predicted octanol–water partition coefficient (Wildman–Crippen LogP) is 1.52. The molecule has 22 heavy (non-hydrogen) atoms. The van der Waals surface area contributed by atoms with Gasteiger partial charge < -0.3 is 15.4 Å². The SMILES string of the molecule is COCCNC(=O)c1cncc(C(=O)NC2CCCCC2)c1. The van der Waals surface area contributed by atoms with Crippen LogP contribution in [-0.4, -0.2) is 43.1 Å². The molecule has 0 atom stereocenters. The van der Waals surface area contributed by atoms with E-state index < -0.39 is 0 Å². The van der Waals surface area contributed by atoms with Crippen LogP contribution in [-0.2, 0) is 4.74 Å². The summed E-state index contributed by atoms with van der Waals surface area (Å²) in [6.45, 7) is 0.870. The summed E-state index contributed by atoms with van der Waals surface area (Å²) in [5.41, 5.74) is 0.803. The molecule has 1 aliphatic carbocycles. The lowest BCUT2D eigenvalue weighted by Gasteiger charge is -2.22. The van der Waals surface area contributed by atoms with Gasteiger partial charge in [-0.15, -0.1) is 0 Å². The molecular weight excluding hydrogens is 282 g/mol. The lowest BCUT2D eigenvalue weighted by atomic mass is 9.95. The van der Waals surface area contributed by atoms with Crippen molar-refractivity contribution in [1.29, 1.82) is 0 Å². The molecule has 6 nitrogen and oxygen atoms in total. The van der Waals surface area contributed by atoms with Gasteiger partial charge in [0.1, 0.15) is 0 Å². The highest BCUT2D eigenvalue weighted by molar-refractivity contribution is 5.99. The van der Waals surface area contributed by atoms with Gasteiger partial charge in [-0.05, 0) is 18.9 Å². The average molecular weight is 305 g/mol. The smallest absolute Gasteiger partial charge is 0.253 e. The van der Waals surface area contributed by atoms with Crippen molar-refractivity contribution in [3.63, 3.8) is 0 Å². The number of hydrogen-bond donors (Lipinski definition) is 2. The molecule has 0 bridgehead atoms. The van der Waals surface area contributed by atoms with E-state index in [4.69, 9.17) is 4.74 Å². The molecule has 6 heteroatoms. The number of nitrogens with one attached hydrogen (secondary N) is 2. The van der Waals surface area contributed by atoms with Gasteiger partial charge in [-0.3, -0.25) is 14.6 Å². The topological polar surface area (TPSA) is 80.3 Å². The Morgan fingerprint density at radius 1 is 1.18 bits per heavy atom. The summed E-state index contributed by atoms with van der Waals surface area (Å²) < 4.78 is 4.88. The van der Waals surface area contributed by atoms with E-state index in [2.05, 4.69) is 15.6 Å². The van der Waals surface area contributed by atoms with Crippen LogP contribution in [0.4, 0.5) is 0 Å². The minimum Gasteiger partial charge on any atom is -0.383 e. The van der Waals surface area contributed by atoms with Crippen molar-refractivity contribution < 1.29 is 14.3 Å². The Kier molecular flexibility index (Phi) is 6.33. The van der Waals surface area contributed by atoms with Gasteiger partial charge in [0.2, 0.25) is 0 Å². The molecule has 0 unspecified atom stereocenters. The van der Waals surface area contributed by atoms with Crippen molar-refractivity contribution in [3.05, 3.63) is 29.6 Å². The Balaban J connectivity index is 1.94. The second kappa shape index (κ2) is 8.48. The van der Waals surface area contributed by atoms with Crippen molar-refractivity contribution in [2.75, 3.05) is 20.3 Å². The van der Waals surface area contributed by atoms with Crippen LogP contribution in [0.2, 0.25) is 0 Å². The predicted molar refractivity (Wildman–Crippen MR) is 82.8 cm³/mol. The first kappa shape index (κ1) is 16.4. The second-order valence-electron chi connectivity index (χ2n) is 5.52. The summed E-state index contributed by atoms with van der Waals surface area (Å²) in [7, 11) is 1.57. The van der Waals surface area contributed by atoms with E-state index in [-0.39, 0.29) is 17.9 Å². The van der Waals surface area contributed by atoms with Crippen LogP contribution in [0, 0.1) is 0 Å². The maximum atomic E-state index is 12.2. The number of rotatable bonds is 6. The Morgan fingerprint density at radius 2 is 1.86 bits per heavy atom. The molecule has 1 aliphatic rings. The first-order chi connectivity index (χ1) is 10.7. The maximum Gasteiger partial charge on any atom is 0.253 e. The Hall–Kier alpha value is -1.95. The van der Waals surface area contributed by atoms with Crippen molar-refractivity contribution >= 4 is 11.8 Å². The van der Waals surface area contributed by atoms with Crippen LogP contribution >= 0.6 is 0 Å². The highest BCUT2D eigenvalue weighted by Gasteiger charge is 2.17. The van der Waals surface area contributed by atoms with Crippen LogP contribution < -0.4 is 10.6 Å². The van der Waals surface area contributed by atoms with E-state index in [0.717, 1.165) is 25.7 Å². The summed E-state index contributed by atoms with van der Waals surface area (Å²) >= 11 is 0. The first-order valence-electron chi connectivity index (χ1n) is 7.73. The molecule has 0 aromatic carbocycles. The molecule has 0 aliphatic heterocycles. The quantitative estimate of drug-likeness (QED) is 0.781. The number of nitrogens with zero attached hydrogens (tertiary/aromatic N) is 1. The molecule has 2 rings (SSSR count). The molecule has 0 saturated heterocycles. The van der Waals surface area contributed by atoms with Gasteiger partial charge in [-0.1, -0.05) is 19.3 Å². The molecule has 1 aromatic rings. The van der Waals surface area contributed by atoms with E-state index in [1.165, 1.54) is 18.8 Å². The minimum atomic E-state index is -0.253. The summed E-state index contributed by atoms with van der Waals surface area (Å²) in [5, 5.41) is 5.73. The summed E-state index contributed by atoms with van der Waals surface area (Å²) in [6.07, 6.45) is 8.55. The molecular formula is C16H23N3O3. The number of ether oxygens (including phenoxy) is 1. The van der Waals surface area contributed by atoms with Crippen LogP contribution in [0.5, 0.6) is 0 Å². The number of hydrogen-bond acceptors (Lipinski definition) is 4. The Morgan fingerprint density at radius 3 is 2.55 bits per heavy atom. The average Bonchev–Trinajstić information content (AvgIpc) is 2.56. The third-order valence-corrected chi connectivity index (χ3v) is 3.79. The molecule has 2 amide bonds. The molecule has 2 N–H and O–H groups in total. The fraction of sp³-hybridized carbons (Fsp3) is 0.562. The van der Waals surface area contributed by atoms with E-state index in [1.54, 1.807) is 13.2 Å². The highest BCUT2D eigenvalue weighted by Crippen LogP contribution is 2.17. The zero-order chi connectivity index (χ0) is 15.8. The Bertz CT molecular complexity index is 513. The number of amides is 2. The maximum absolute atomic E-state index is 12.2. The normalized spacial score (nSPS) is 15.3. The van der Waals surface area contributed by atoms with Crippen LogP contribution in [0.3, 0.4) is 0 Å². The van der Waals surface area contributed by atoms with E-state index >= 15 is 0 Å². The zero-order valence-corrected chi connectivity index (χ0v) is 12.9. The first-order valence-corrected chi connectivity index (χ1v) is 7.73. The summed E-state index contributed by atoms with van der Waals surface area (Å²) in [6, 6.07) is 1.81. The van der Waals surface area contributed by atoms with Gasteiger partial charge in [0.15, 0.2) is 0 Å². The van der Waals surface area contributed by atoms with Crippen LogP contribution in [0.25, 0.3) is 0 Å². The van der Waals surface area contributed by atoms with E-state index in [1.807, 2.05) is 0 Å². The van der Waals surface area contributed by atoms with E-state index in [0.29, 0.717) is 24.3 Å². The third kappa shape index (κ3) is 4.80. The lowest BCUT2D eigenvalue weighted by molar-refractivity contribution is 0.0927. The van der Waals surface area contributed by atoms with Crippen molar-refractivity contribution in [2.45, 2.75) is 38.1 Å². The highest BCUT2D eigenvalue weighted by atomic mass is 16.5. The van der Waals surface area contributed by atoms with Gasteiger partial charge in [0.05, 0.1) is 17.7 Å².